The number of hydrogen-bond acceptors (Lipinski definition) is 6. The Labute approximate surface area is 205 Å². The molecular weight excluding hydrogens is 497 g/mol. The number of furan rings is 1. The average molecular weight is 524 g/mol. The van der Waals surface area contributed by atoms with Crippen molar-refractivity contribution >= 4 is 43.7 Å². The van der Waals surface area contributed by atoms with E-state index < -0.39 is 32.9 Å². The fourth-order valence-electron chi connectivity index (χ4n) is 3.95. The molecule has 1 aromatic heterocycles. The number of sulfone groups is 1. The van der Waals surface area contributed by atoms with E-state index >= 15 is 0 Å². The summed E-state index contributed by atoms with van der Waals surface area (Å²) in [5.41, 5.74) is 2.03. The van der Waals surface area contributed by atoms with E-state index in [9.17, 15) is 26.4 Å². The summed E-state index contributed by atoms with van der Waals surface area (Å²) in [5.74, 6) is -1.11. The van der Waals surface area contributed by atoms with Gasteiger partial charge in [0.15, 0.2) is 9.84 Å². The number of carbonyl (C=O) groups is 1. The number of hydrogen-bond donors (Lipinski definition) is 1. The van der Waals surface area contributed by atoms with Gasteiger partial charge < -0.3 is 9.15 Å². The van der Waals surface area contributed by atoms with Crippen molar-refractivity contribution in [3.63, 3.8) is 0 Å². The van der Waals surface area contributed by atoms with Crippen LogP contribution in [0, 0.1) is 5.82 Å². The van der Waals surface area contributed by atoms with E-state index in [1.54, 1.807) is 19.1 Å². The third-order valence-electron chi connectivity index (χ3n) is 5.94. The molecule has 1 heterocycles. The molecule has 1 aliphatic rings. The van der Waals surface area contributed by atoms with Gasteiger partial charge in [-0.25, -0.2) is 21.8 Å². The highest BCUT2D eigenvalue weighted by atomic mass is 32.2. The second-order valence-electron chi connectivity index (χ2n) is 8.28. The molecule has 1 fully saturated rings. The van der Waals surface area contributed by atoms with Crippen molar-refractivity contribution in [3.8, 4) is 11.3 Å². The van der Waals surface area contributed by atoms with Crippen molar-refractivity contribution < 1.29 is 35.5 Å². The predicted octanol–water partition coefficient (Wildman–Crippen LogP) is 4.67. The maximum atomic E-state index is 13.5. The van der Waals surface area contributed by atoms with Gasteiger partial charge in [0.05, 0.1) is 18.0 Å². The molecule has 1 saturated carbocycles. The van der Waals surface area contributed by atoms with Gasteiger partial charge in [0.1, 0.15) is 22.7 Å². The summed E-state index contributed by atoms with van der Waals surface area (Å²) in [5, 5.41) is 0.471. The lowest BCUT2D eigenvalue weighted by atomic mass is 10.0. The van der Waals surface area contributed by atoms with Gasteiger partial charge in [-0.2, -0.15) is 0 Å². The third kappa shape index (κ3) is 5.41. The van der Waals surface area contributed by atoms with E-state index in [4.69, 9.17) is 9.15 Å². The van der Waals surface area contributed by atoms with Gasteiger partial charge in [-0.15, -0.1) is 0 Å². The highest BCUT2D eigenvalue weighted by Gasteiger charge is 2.33. The zero-order valence-corrected chi connectivity index (χ0v) is 21.0. The minimum Gasteiger partial charge on any atom is -0.462 e. The standard InChI is InChI=1S/C24H26FNO7S2/c1-3-32-24(27)22-19-13-18(15-5-6-15)20(26(34(28)29)11-12-35(30,31)4-2)14-21(19)33-23(22)16-7-9-17(25)10-8-16/h7-10,13-15H,3-6,11-12H2,1-2H3,(H,28,29). The second kappa shape index (κ2) is 10.1. The largest absolute Gasteiger partial charge is 0.462 e. The van der Waals surface area contributed by atoms with Crippen LogP contribution in [0.5, 0.6) is 0 Å². The van der Waals surface area contributed by atoms with E-state index in [1.165, 1.54) is 31.2 Å². The Kier molecular flexibility index (Phi) is 7.30. The number of benzene rings is 2. The maximum Gasteiger partial charge on any atom is 0.342 e. The van der Waals surface area contributed by atoms with Gasteiger partial charge in [-0.05, 0) is 61.6 Å². The molecule has 1 atom stereocenters. The molecular formula is C24H26FNO7S2. The summed E-state index contributed by atoms with van der Waals surface area (Å²) in [7, 11) is -3.38. The molecule has 4 rings (SSSR count). The molecule has 0 amide bonds. The zero-order chi connectivity index (χ0) is 25.3. The van der Waals surface area contributed by atoms with Gasteiger partial charge in [-0.1, -0.05) is 6.92 Å². The first kappa shape index (κ1) is 25.3. The Bertz CT molecular complexity index is 1380. The van der Waals surface area contributed by atoms with E-state index in [-0.39, 0.29) is 47.5 Å². The summed E-state index contributed by atoms with van der Waals surface area (Å²) in [6, 6.07) is 8.80. The van der Waals surface area contributed by atoms with Gasteiger partial charge >= 0.3 is 5.97 Å². The quantitative estimate of drug-likeness (QED) is 0.303. The number of halogens is 1. The Balaban J connectivity index is 1.90. The maximum absolute atomic E-state index is 13.5. The molecule has 11 heteroatoms. The van der Waals surface area contributed by atoms with E-state index in [1.807, 2.05) is 0 Å². The molecule has 0 spiro atoms. The number of carbonyl (C=O) groups excluding carboxylic acids is 1. The lowest BCUT2D eigenvalue weighted by Gasteiger charge is -2.23. The van der Waals surface area contributed by atoms with Crippen LogP contribution in [0.25, 0.3) is 22.3 Å². The van der Waals surface area contributed by atoms with E-state index in [0.29, 0.717) is 16.6 Å². The first-order valence-electron chi connectivity index (χ1n) is 11.3. The van der Waals surface area contributed by atoms with Gasteiger partial charge in [0.2, 0.25) is 0 Å². The average Bonchev–Trinajstić information content (AvgIpc) is 3.59. The molecule has 0 bridgehead atoms. The van der Waals surface area contributed by atoms with Crippen molar-refractivity contribution in [1.82, 2.24) is 0 Å². The summed E-state index contributed by atoms with van der Waals surface area (Å²) in [6.07, 6.45) is 1.71. The van der Waals surface area contributed by atoms with Crippen molar-refractivity contribution in [2.75, 3.05) is 29.0 Å². The lowest BCUT2D eigenvalue weighted by Crippen LogP contribution is -2.32. The minimum atomic E-state index is -3.38. The topological polar surface area (TPSA) is 114 Å². The van der Waals surface area contributed by atoms with Crippen LogP contribution in [0.3, 0.4) is 0 Å². The molecule has 0 radical (unpaired) electrons. The van der Waals surface area contributed by atoms with Crippen LogP contribution in [0.15, 0.2) is 40.8 Å². The first-order valence-corrected chi connectivity index (χ1v) is 14.2. The molecule has 0 saturated heterocycles. The number of ether oxygens (including phenoxy) is 1. The second-order valence-corrected chi connectivity index (χ2v) is 11.7. The van der Waals surface area contributed by atoms with Crippen LogP contribution < -0.4 is 4.31 Å². The smallest absolute Gasteiger partial charge is 0.342 e. The Morgan fingerprint density at radius 3 is 2.49 bits per heavy atom. The first-order chi connectivity index (χ1) is 16.6. The summed E-state index contributed by atoms with van der Waals surface area (Å²) >= 11 is -2.49. The number of esters is 1. The highest BCUT2D eigenvalue weighted by Crippen LogP contribution is 2.48. The summed E-state index contributed by atoms with van der Waals surface area (Å²) in [6.45, 7) is 3.17. The molecule has 1 aliphatic carbocycles. The van der Waals surface area contributed by atoms with Crippen molar-refractivity contribution in [2.45, 2.75) is 32.6 Å². The SMILES string of the molecule is CCOC(=O)c1c(-c2ccc(F)cc2)oc2cc(N(CCS(=O)(=O)CC)S(=O)O)c(C3CC3)cc12. The van der Waals surface area contributed by atoms with Gasteiger partial charge in [0.25, 0.3) is 11.3 Å². The van der Waals surface area contributed by atoms with Crippen LogP contribution in [0.4, 0.5) is 10.1 Å². The van der Waals surface area contributed by atoms with Gasteiger partial charge in [0, 0.05) is 29.3 Å². The van der Waals surface area contributed by atoms with Crippen LogP contribution in [0.2, 0.25) is 0 Å². The van der Waals surface area contributed by atoms with Crippen molar-refractivity contribution in [2.24, 2.45) is 0 Å². The summed E-state index contributed by atoms with van der Waals surface area (Å²) in [4.78, 5) is 12.9. The number of fused-ring (bicyclic) bond motifs is 1. The molecule has 1 N–H and O–H groups in total. The highest BCUT2D eigenvalue weighted by molar-refractivity contribution is 7.91. The van der Waals surface area contributed by atoms with Crippen LogP contribution >= 0.6 is 0 Å². The van der Waals surface area contributed by atoms with Crippen LogP contribution in [0.1, 0.15) is 48.5 Å². The molecule has 35 heavy (non-hydrogen) atoms. The Morgan fingerprint density at radius 2 is 1.91 bits per heavy atom. The number of nitrogens with zero attached hydrogens (tertiary/aromatic N) is 1. The van der Waals surface area contributed by atoms with Crippen molar-refractivity contribution in [1.29, 1.82) is 0 Å². The zero-order valence-electron chi connectivity index (χ0n) is 19.3. The molecule has 188 valence electrons. The number of anilines is 1. The normalized spacial score (nSPS) is 14.7. The minimum absolute atomic E-state index is 0.0739. The van der Waals surface area contributed by atoms with Crippen LogP contribution in [-0.4, -0.2) is 47.8 Å². The fourth-order valence-corrected chi connectivity index (χ4v) is 5.38. The monoisotopic (exact) mass is 523 g/mol. The van der Waals surface area contributed by atoms with E-state index in [2.05, 4.69) is 0 Å². The molecule has 8 nitrogen and oxygen atoms in total. The van der Waals surface area contributed by atoms with Crippen molar-refractivity contribution in [3.05, 3.63) is 53.3 Å². The summed E-state index contributed by atoms with van der Waals surface area (Å²) < 4.78 is 72.3. The molecule has 3 aromatic rings. The van der Waals surface area contributed by atoms with Crippen LogP contribution in [-0.2, 0) is 25.8 Å². The molecule has 2 aromatic carbocycles. The predicted molar refractivity (Wildman–Crippen MR) is 132 cm³/mol. The van der Waals surface area contributed by atoms with Gasteiger partial charge in [-0.3, -0.25) is 8.86 Å². The third-order valence-corrected chi connectivity index (χ3v) is 8.38. The number of rotatable bonds is 10. The Hall–Kier alpha value is -2.76. The van der Waals surface area contributed by atoms with E-state index in [0.717, 1.165) is 22.7 Å². The Morgan fingerprint density at radius 1 is 1.23 bits per heavy atom. The lowest BCUT2D eigenvalue weighted by molar-refractivity contribution is 0.0528. The molecule has 0 aliphatic heterocycles. The fraction of sp³-hybridized carbons (Fsp3) is 0.375. The molecule has 1 unspecified atom stereocenters.